The van der Waals surface area contributed by atoms with E-state index in [-0.39, 0.29) is 12.1 Å². The fourth-order valence-electron chi connectivity index (χ4n) is 2.19. The Bertz CT molecular complexity index is 603. The van der Waals surface area contributed by atoms with Gasteiger partial charge in [-0.1, -0.05) is 12.1 Å². The first-order valence-corrected chi connectivity index (χ1v) is 6.34. The number of fused-ring (bicyclic) bond motifs is 1. The third kappa shape index (κ3) is 2.47. The zero-order chi connectivity index (χ0) is 13.2. The van der Waals surface area contributed by atoms with Gasteiger partial charge in [0.2, 0.25) is 0 Å². The predicted molar refractivity (Wildman–Crippen MR) is 70.1 cm³/mol. The number of benzene rings is 1. The Labute approximate surface area is 111 Å². The lowest BCUT2D eigenvalue weighted by Crippen LogP contribution is -2.43. The lowest BCUT2D eigenvalue weighted by atomic mass is 10.1. The highest BCUT2D eigenvalue weighted by Gasteiger charge is 2.24. The largest absolute Gasteiger partial charge is 0.470 e. The highest BCUT2D eigenvalue weighted by Crippen LogP contribution is 2.24. The molecule has 2 heterocycles. The molecule has 1 atom stereocenters. The summed E-state index contributed by atoms with van der Waals surface area (Å²) in [5, 5.41) is 2.85. The van der Waals surface area contributed by atoms with Crippen LogP contribution in [-0.2, 0) is 6.42 Å². The molecule has 1 aliphatic rings. The van der Waals surface area contributed by atoms with Crippen molar-refractivity contribution in [2.45, 2.75) is 26.0 Å². The van der Waals surface area contributed by atoms with Crippen molar-refractivity contribution in [3.63, 3.8) is 0 Å². The number of aryl methyl sites for hydroxylation is 2. The number of para-hydroxylation sites is 1. The standard InChI is InChI=1S/C15H15NO3/c1-10-6-7-11(18-10)8-9-14-16-15(17)12-4-2-3-5-13(12)19-14/h2-7,14H,8-9H2,1H3,(H,16,17). The minimum absolute atomic E-state index is 0.0810. The third-order valence-electron chi connectivity index (χ3n) is 3.14. The third-order valence-corrected chi connectivity index (χ3v) is 3.14. The van der Waals surface area contributed by atoms with Crippen LogP contribution in [0.2, 0.25) is 0 Å². The Hall–Kier alpha value is -2.23. The van der Waals surface area contributed by atoms with E-state index in [1.807, 2.05) is 37.3 Å². The van der Waals surface area contributed by atoms with E-state index in [1.165, 1.54) is 0 Å². The van der Waals surface area contributed by atoms with Gasteiger partial charge in [-0.25, -0.2) is 0 Å². The molecule has 1 amide bonds. The van der Waals surface area contributed by atoms with Gasteiger partial charge in [0.05, 0.1) is 5.56 Å². The summed E-state index contributed by atoms with van der Waals surface area (Å²) >= 11 is 0. The molecule has 0 saturated carbocycles. The number of carbonyl (C=O) groups excluding carboxylic acids is 1. The van der Waals surface area contributed by atoms with E-state index in [0.717, 1.165) is 17.9 Å². The van der Waals surface area contributed by atoms with Gasteiger partial charge in [0.15, 0.2) is 6.23 Å². The normalized spacial score (nSPS) is 17.5. The summed E-state index contributed by atoms with van der Waals surface area (Å²) in [6.45, 7) is 1.92. The second-order valence-corrected chi connectivity index (χ2v) is 4.63. The topological polar surface area (TPSA) is 51.5 Å². The van der Waals surface area contributed by atoms with Crippen LogP contribution in [0.15, 0.2) is 40.8 Å². The van der Waals surface area contributed by atoms with Crippen molar-refractivity contribution >= 4 is 5.91 Å². The molecule has 0 radical (unpaired) electrons. The first-order valence-electron chi connectivity index (χ1n) is 6.34. The molecule has 1 aliphatic heterocycles. The molecule has 19 heavy (non-hydrogen) atoms. The maximum absolute atomic E-state index is 11.9. The molecule has 0 spiro atoms. The van der Waals surface area contributed by atoms with Crippen LogP contribution in [0.25, 0.3) is 0 Å². The fraction of sp³-hybridized carbons (Fsp3) is 0.267. The van der Waals surface area contributed by atoms with Crippen molar-refractivity contribution in [2.75, 3.05) is 0 Å². The molecular weight excluding hydrogens is 242 g/mol. The summed E-state index contributed by atoms with van der Waals surface area (Å²) in [4.78, 5) is 11.9. The summed E-state index contributed by atoms with van der Waals surface area (Å²) in [7, 11) is 0. The molecule has 2 aromatic rings. The molecule has 98 valence electrons. The first kappa shape index (κ1) is 11.8. The molecule has 3 rings (SSSR count). The Kier molecular flexibility index (Phi) is 2.99. The molecule has 0 aliphatic carbocycles. The van der Waals surface area contributed by atoms with Crippen molar-refractivity contribution in [1.82, 2.24) is 5.32 Å². The van der Waals surface area contributed by atoms with Crippen LogP contribution in [0.3, 0.4) is 0 Å². The lowest BCUT2D eigenvalue weighted by Gasteiger charge is -2.26. The summed E-state index contributed by atoms with van der Waals surface area (Å²) < 4.78 is 11.3. The van der Waals surface area contributed by atoms with Crippen LogP contribution < -0.4 is 10.1 Å². The van der Waals surface area contributed by atoms with Gasteiger partial charge >= 0.3 is 0 Å². The minimum Gasteiger partial charge on any atom is -0.470 e. The maximum atomic E-state index is 11.9. The van der Waals surface area contributed by atoms with E-state index in [4.69, 9.17) is 9.15 Å². The zero-order valence-corrected chi connectivity index (χ0v) is 10.7. The van der Waals surface area contributed by atoms with Crippen LogP contribution in [0.5, 0.6) is 5.75 Å². The number of ether oxygens (including phenoxy) is 1. The van der Waals surface area contributed by atoms with Gasteiger partial charge < -0.3 is 14.5 Å². The Morgan fingerprint density at radius 3 is 2.84 bits per heavy atom. The quantitative estimate of drug-likeness (QED) is 0.919. The van der Waals surface area contributed by atoms with Crippen molar-refractivity contribution in [1.29, 1.82) is 0 Å². The van der Waals surface area contributed by atoms with Crippen LogP contribution in [0, 0.1) is 6.92 Å². The summed E-state index contributed by atoms with van der Waals surface area (Å²) in [6.07, 6.45) is 1.13. The minimum atomic E-state index is -0.298. The molecule has 1 N–H and O–H groups in total. The van der Waals surface area contributed by atoms with Gasteiger partial charge in [0.25, 0.3) is 5.91 Å². The summed E-state index contributed by atoms with van der Waals surface area (Å²) in [5.41, 5.74) is 0.590. The Morgan fingerprint density at radius 2 is 2.05 bits per heavy atom. The summed E-state index contributed by atoms with van der Waals surface area (Å²) in [6, 6.07) is 11.2. The first-order chi connectivity index (χ1) is 9.22. The molecule has 0 bridgehead atoms. The van der Waals surface area contributed by atoms with E-state index in [2.05, 4.69) is 5.32 Å². The number of hydrogen-bond acceptors (Lipinski definition) is 3. The molecule has 4 nitrogen and oxygen atoms in total. The van der Waals surface area contributed by atoms with Gasteiger partial charge in [-0.05, 0) is 31.2 Å². The monoisotopic (exact) mass is 257 g/mol. The molecule has 1 aromatic heterocycles. The fourth-order valence-corrected chi connectivity index (χ4v) is 2.19. The molecule has 1 unspecified atom stereocenters. The van der Waals surface area contributed by atoms with Crippen LogP contribution >= 0.6 is 0 Å². The lowest BCUT2D eigenvalue weighted by molar-refractivity contribution is 0.0737. The van der Waals surface area contributed by atoms with Crippen molar-refractivity contribution in [2.24, 2.45) is 0 Å². The molecule has 4 heteroatoms. The van der Waals surface area contributed by atoms with Crippen molar-refractivity contribution in [3.05, 3.63) is 53.5 Å². The van der Waals surface area contributed by atoms with E-state index in [1.54, 1.807) is 6.07 Å². The highest BCUT2D eigenvalue weighted by atomic mass is 16.5. The van der Waals surface area contributed by atoms with Gasteiger partial charge in [-0.2, -0.15) is 0 Å². The van der Waals surface area contributed by atoms with E-state index in [0.29, 0.717) is 17.7 Å². The van der Waals surface area contributed by atoms with Gasteiger partial charge in [0, 0.05) is 12.8 Å². The highest BCUT2D eigenvalue weighted by molar-refractivity contribution is 5.97. The molecule has 0 fully saturated rings. The van der Waals surface area contributed by atoms with Gasteiger partial charge in [-0.3, -0.25) is 4.79 Å². The number of nitrogens with one attached hydrogen (secondary N) is 1. The maximum Gasteiger partial charge on any atom is 0.257 e. The second kappa shape index (κ2) is 4.80. The van der Waals surface area contributed by atoms with Crippen LogP contribution in [0.1, 0.15) is 28.3 Å². The Morgan fingerprint density at radius 1 is 1.21 bits per heavy atom. The average molecular weight is 257 g/mol. The average Bonchev–Trinajstić information content (AvgIpc) is 2.82. The van der Waals surface area contributed by atoms with Crippen molar-refractivity contribution < 1.29 is 13.9 Å². The molecular formula is C15H15NO3. The number of rotatable bonds is 3. The number of amides is 1. The second-order valence-electron chi connectivity index (χ2n) is 4.63. The number of furan rings is 1. The zero-order valence-electron chi connectivity index (χ0n) is 10.7. The van der Waals surface area contributed by atoms with E-state index < -0.39 is 0 Å². The smallest absolute Gasteiger partial charge is 0.257 e. The Balaban J connectivity index is 1.67. The van der Waals surface area contributed by atoms with Gasteiger partial charge in [-0.15, -0.1) is 0 Å². The molecule has 0 saturated heterocycles. The van der Waals surface area contributed by atoms with Crippen molar-refractivity contribution in [3.8, 4) is 5.75 Å². The predicted octanol–water partition coefficient (Wildman–Crippen LogP) is 2.67. The SMILES string of the molecule is Cc1ccc(CCC2NC(=O)c3ccccc3O2)o1. The van der Waals surface area contributed by atoms with Gasteiger partial charge in [0.1, 0.15) is 17.3 Å². The number of carbonyl (C=O) groups is 1. The van der Waals surface area contributed by atoms with E-state index >= 15 is 0 Å². The molecule has 1 aromatic carbocycles. The van der Waals surface area contributed by atoms with E-state index in [9.17, 15) is 4.79 Å². The summed E-state index contributed by atoms with van der Waals surface area (Å²) in [5.74, 6) is 2.37. The number of hydrogen-bond donors (Lipinski definition) is 1. The van der Waals surface area contributed by atoms with Crippen LogP contribution in [-0.4, -0.2) is 12.1 Å². The van der Waals surface area contributed by atoms with Crippen LogP contribution in [0.4, 0.5) is 0 Å².